The highest BCUT2D eigenvalue weighted by molar-refractivity contribution is 6.30. The average Bonchev–Trinajstić information content (AvgIpc) is 3.19. The Balaban J connectivity index is 1.98. The van der Waals surface area contributed by atoms with Crippen LogP contribution in [0.25, 0.3) is 11.4 Å². The molecule has 0 radical (unpaired) electrons. The summed E-state index contributed by atoms with van der Waals surface area (Å²) < 4.78 is 80.1. The molecule has 17 heteroatoms. The van der Waals surface area contributed by atoms with E-state index in [2.05, 4.69) is 15.7 Å². The lowest BCUT2D eigenvalue weighted by atomic mass is 10.00. The van der Waals surface area contributed by atoms with Crippen LogP contribution in [-0.4, -0.2) is 49.0 Å². The summed E-state index contributed by atoms with van der Waals surface area (Å²) in [6.07, 6.45) is -10.9. The minimum absolute atomic E-state index is 0.194. The highest BCUT2D eigenvalue weighted by atomic mass is 35.5. The van der Waals surface area contributed by atoms with E-state index in [1.54, 1.807) is 0 Å². The number of alkyl halides is 6. The van der Waals surface area contributed by atoms with Gasteiger partial charge in [-0.25, -0.2) is 14.3 Å². The molecule has 2 amide bonds. The Kier molecular flexibility index (Phi) is 9.63. The third-order valence-corrected chi connectivity index (χ3v) is 6.27. The molecule has 0 bridgehead atoms. The number of nitrogens with zero attached hydrogens (tertiary/aromatic N) is 3. The van der Waals surface area contributed by atoms with Gasteiger partial charge in [-0.1, -0.05) is 23.7 Å². The van der Waals surface area contributed by atoms with Crippen molar-refractivity contribution in [3.8, 4) is 11.4 Å². The van der Waals surface area contributed by atoms with Crippen LogP contribution in [0.1, 0.15) is 37.4 Å². The number of hydrogen-bond donors (Lipinski definition) is 3. The van der Waals surface area contributed by atoms with Gasteiger partial charge in [0.25, 0.3) is 0 Å². The second-order valence-electron chi connectivity index (χ2n) is 9.83. The molecule has 3 aromatic rings. The standard InChI is InChI=1S/C26H24ClF6N5O5/c1-24(2,22(41)42)35-21(40)19(15-4-3-5-16(12-15)26(31,32)33)34-18(39)13-38-23(43)37(11-10-25(28,29)30)20(36-38)14-6-8-17(27)9-7-14/h3-9,12,19H,10-11,13H2,1-2H3,(H,34,39)(H,35,40)(H,41,42). The van der Waals surface area contributed by atoms with Crippen LogP contribution in [0.15, 0.2) is 53.3 Å². The molecule has 1 atom stereocenters. The van der Waals surface area contributed by atoms with Crippen molar-refractivity contribution in [2.75, 3.05) is 0 Å². The summed E-state index contributed by atoms with van der Waals surface area (Å²) in [6, 6.07) is 7.06. The summed E-state index contributed by atoms with van der Waals surface area (Å²) in [5.41, 5.74) is -4.35. The molecule has 0 aliphatic carbocycles. The van der Waals surface area contributed by atoms with Crippen LogP contribution >= 0.6 is 11.6 Å². The number of carboxylic acids is 1. The van der Waals surface area contributed by atoms with Crippen molar-refractivity contribution in [3.63, 3.8) is 0 Å². The Hall–Kier alpha value is -4.34. The van der Waals surface area contributed by atoms with E-state index in [1.807, 2.05) is 0 Å². The van der Waals surface area contributed by atoms with Gasteiger partial charge in [-0.2, -0.15) is 26.3 Å². The van der Waals surface area contributed by atoms with Crippen molar-refractivity contribution >= 4 is 29.4 Å². The van der Waals surface area contributed by atoms with Crippen LogP contribution in [0, 0.1) is 0 Å². The van der Waals surface area contributed by atoms with Gasteiger partial charge < -0.3 is 15.7 Å². The van der Waals surface area contributed by atoms with Crippen LogP contribution in [-0.2, 0) is 33.6 Å². The molecule has 1 heterocycles. The molecule has 0 spiro atoms. The van der Waals surface area contributed by atoms with E-state index in [0.29, 0.717) is 21.4 Å². The molecule has 232 valence electrons. The Morgan fingerprint density at radius 1 is 1.02 bits per heavy atom. The van der Waals surface area contributed by atoms with Crippen molar-refractivity contribution in [1.82, 2.24) is 25.0 Å². The first kappa shape index (κ1) is 33.2. The van der Waals surface area contributed by atoms with E-state index in [0.717, 1.165) is 26.0 Å². The molecule has 3 rings (SSSR count). The van der Waals surface area contributed by atoms with E-state index < -0.39 is 72.5 Å². The fourth-order valence-corrected chi connectivity index (χ4v) is 3.89. The van der Waals surface area contributed by atoms with E-state index in [9.17, 15) is 50.6 Å². The molecule has 43 heavy (non-hydrogen) atoms. The molecule has 1 aromatic heterocycles. The number of halogens is 7. The maximum Gasteiger partial charge on any atom is 0.416 e. The van der Waals surface area contributed by atoms with Crippen molar-refractivity contribution in [2.24, 2.45) is 0 Å². The molecule has 0 aliphatic heterocycles. The minimum atomic E-state index is -4.82. The van der Waals surface area contributed by atoms with Gasteiger partial charge in [-0.15, -0.1) is 5.10 Å². The fourth-order valence-electron chi connectivity index (χ4n) is 3.77. The summed E-state index contributed by atoms with van der Waals surface area (Å²) in [5, 5.41) is 17.9. The second-order valence-corrected chi connectivity index (χ2v) is 10.3. The molecular formula is C26H24ClF6N5O5. The number of carbonyl (C=O) groups excluding carboxylic acids is 2. The van der Waals surface area contributed by atoms with Crippen LogP contribution in [0.5, 0.6) is 0 Å². The van der Waals surface area contributed by atoms with Gasteiger partial charge in [-0.3, -0.25) is 14.2 Å². The molecule has 0 saturated carbocycles. The molecule has 0 aliphatic rings. The van der Waals surface area contributed by atoms with Gasteiger partial charge in [0, 0.05) is 17.1 Å². The van der Waals surface area contributed by atoms with Crippen molar-refractivity contribution in [2.45, 2.75) is 57.3 Å². The quantitative estimate of drug-likeness (QED) is 0.286. The van der Waals surface area contributed by atoms with Crippen molar-refractivity contribution in [3.05, 3.63) is 75.2 Å². The topological polar surface area (TPSA) is 135 Å². The lowest BCUT2D eigenvalue weighted by Crippen LogP contribution is -2.53. The number of nitrogens with one attached hydrogen (secondary N) is 2. The molecule has 2 aromatic carbocycles. The summed E-state index contributed by atoms with van der Waals surface area (Å²) in [5.74, 6) is -4.05. The van der Waals surface area contributed by atoms with E-state index in [1.165, 1.54) is 24.3 Å². The smallest absolute Gasteiger partial charge is 0.416 e. The number of aromatic nitrogens is 3. The third-order valence-electron chi connectivity index (χ3n) is 6.02. The number of benzene rings is 2. The maximum atomic E-state index is 13.4. The molecule has 0 saturated heterocycles. The molecule has 0 fully saturated rings. The Morgan fingerprint density at radius 2 is 1.65 bits per heavy atom. The highest BCUT2D eigenvalue weighted by Gasteiger charge is 2.36. The lowest BCUT2D eigenvalue weighted by molar-refractivity contribution is -0.146. The summed E-state index contributed by atoms with van der Waals surface area (Å²) >= 11 is 5.86. The van der Waals surface area contributed by atoms with Gasteiger partial charge in [0.1, 0.15) is 18.1 Å². The van der Waals surface area contributed by atoms with Gasteiger partial charge in [0.15, 0.2) is 5.82 Å². The zero-order chi connectivity index (χ0) is 32.3. The monoisotopic (exact) mass is 635 g/mol. The number of hydrogen-bond acceptors (Lipinski definition) is 5. The minimum Gasteiger partial charge on any atom is -0.480 e. The van der Waals surface area contributed by atoms with Crippen LogP contribution in [0.2, 0.25) is 5.02 Å². The number of rotatable bonds is 10. The predicted molar refractivity (Wildman–Crippen MR) is 140 cm³/mol. The molecule has 1 unspecified atom stereocenters. The third kappa shape index (κ3) is 8.59. The molecule has 3 N–H and O–H groups in total. The number of aliphatic carboxylic acids is 1. The summed E-state index contributed by atoms with van der Waals surface area (Å²) in [6.45, 7) is 0.401. The highest BCUT2D eigenvalue weighted by Crippen LogP contribution is 2.31. The van der Waals surface area contributed by atoms with Gasteiger partial charge in [-0.05, 0) is 55.8 Å². The number of carboxylic acid groups (broad SMARTS) is 1. The first-order chi connectivity index (χ1) is 19.8. The lowest BCUT2D eigenvalue weighted by Gasteiger charge is -2.26. The van der Waals surface area contributed by atoms with Crippen LogP contribution < -0.4 is 16.3 Å². The van der Waals surface area contributed by atoms with Crippen molar-refractivity contribution < 1.29 is 45.8 Å². The Labute approximate surface area is 244 Å². The van der Waals surface area contributed by atoms with Gasteiger partial charge in [0.2, 0.25) is 11.8 Å². The fraction of sp³-hybridized carbons (Fsp3) is 0.346. The Morgan fingerprint density at radius 3 is 2.21 bits per heavy atom. The average molecular weight is 636 g/mol. The first-order valence-electron chi connectivity index (χ1n) is 12.3. The van der Waals surface area contributed by atoms with Crippen LogP contribution in [0.3, 0.4) is 0 Å². The second kappa shape index (κ2) is 12.5. The normalized spacial score (nSPS) is 13.0. The molecular weight excluding hydrogens is 612 g/mol. The van der Waals surface area contributed by atoms with E-state index in [-0.39, 0.29) is 22.0 Å². The predicted octanol–water partition coefficient (Wildman–Crippen LogP) is 4.17. The van der Waals surface area contributed by atoms with Gasteiger partial charge in [0.05, 0.1) is 12.0 Å². The Bertz CT molecular complexity index is 1560. The van der Waals surface area contributed by atoms with E-state index in [4.69, 9.17) is 11.6 Å². The summed E-state index contributed by atoms with van der Waals surface area (Å²) in [4.78, 5) is 50.6. The largest absolute Gasteiger partial charge is 0.480 e. The number of amides is 2. The van der Waals surface area contributed by atoms with E-state index >= 15 is 0 Å². The van der Waals surface area contributed by atoms with Gasteiger partial charge >= 0.3 is 24.0 Å². The molecule has 10 nitrogen and oxygen atoms in total. The maximum absolute atomic E-state index is 13.4. The van der Waals surface area contributed by atoms with Crippen molar-refractivity contribution in [1.29, 1.82) is 0 Å². The van der Waals surface area contributed by atoms with Crippen LogP contribution in [0.4, 0.5) is 26.3 Å². The first-order valence-corrected chi connectivity index (χ1v) is 12.7. The SMILES string of the molecule is CC(C)(NC(=O)C(NC(=O)Cn1nc(-c2ccc(Cl)cc2)n(CCC(F)(F)F)c1=O)c1cccc(C(F)(F)F)c1)C(=O)O. The zero-order valence-electron chi connectivity index (χ0n) is 22.4. The zero-order valence-corrected chi connectivity index (χ0v) is 23.1. The summed E-state index contributed by atoms with van der Waals surface area (Å²) in [7, 11) is 0. The number of carbonyl (C=O) groups is 3.